The van der Waals surface area contributed by atoms with Gasteiger partial charge in [0.25, 0.3) is 0 Å². The first-order valence-electron chi connectivity index (χ1n) is 6.67. The van der Waals surface area contributed by atoms with E-state index < -0.39 is 12.0 Å². The predicted octanol–water partition coefficient (Wildman–Crippen LogP) is 3.06. The molecule has 0 saturated carbocycles. The fourth-order valence-corrected chi connectivity index (χ4v) is 2.22. The molecule has 0 saturated heterocycles. The van der Waals surface area contributed by atoms with Crippen LogP contribution in [0.2, 0.25) is 0 Å². The number of aryl methyl sites for hydroxylation is 1. The average Bonchev–Trinajstić information content (AvgIpc) is 2.41. The molecule has 0 aliphatic carbocycles. The van der Waals surface area contributed by atoms with E-state index in [1.54, 1.807) is 0 Å². The molecule has 0 aliphatic heterocycles. The summed E-state index contributed by atoms with van der Waals surface area (Å²) in [6, 6.07) is 15.7. The van der Waals surface area contributed by atoms with E-state index in [0.29, 0.717) is 0 Å². The molecule has 1 unspecified atom stereocenters. The number of hydrogen-bond acceptors (Lipinski definition) is 2. The molecule has 0 aliphatic rings. The first kappa shape index (κ1) is 14.3. The van der Waals surface area contributed by atoms with Crippen molar-refractivity contribution in [1.82, 2.24) is 0 Å². The molecule has 0 heterocycles. The highest BCUT2D eigenvalue weighted by Gasteiger charge is 2.10. The van der Waals surface area contributed by atoms with Gasteiger partial charge in [-0.2, -0.15) is 0 Å². The quantitative estimate of drug-likeness (QED) is 0.876. The van der Waals surface area contributed by atoms with E-state index in [2.05, 4.69) is 19.1 Å². The normalized spacial score (nSPS) is 12.1. The Balaban J connectivity index is 2.09. The Kier molecular flexibility index (Phi) is 4.53. The van der Waals surface area contributed by atoms with Crippen LogP contribution in [0.15, 0.2) is 48.5 Å². The zero-order chi connectivity index (χ0) is 14.5. The van der Waals surface area contributed by atoms with Crippen molar-refractivity contribution in [2.75, 3.05) is 0 Å². The van der Waals surface area contributed by atoms with Gasteiger partial charge < -0.3 is 10.8 Å². The van der Waals surface area contributed by atoms with Gasteiger partial charge in [-0.25, -0.2) is 0 Å². The summed E-state index contributed by atoms with van der Waals surface area (Å²) in [5.41, 5.74) is 10.5. The zero-order valence-electron chi connectivity index (χ0n) is 11.5. The fourth-order valence-electron chi connectivity index (χ4n) is 2.22. The van der Waals surface area contributed by atoms with Gasteiger partial charge in [-0.1, -0.05) is 48.5 Å². The van der Waals surface area contributed by atoms with Gasteiger partial charge in [-0.05, 0) is 35.6 Å². The second kappa shape index (κ2) is 6.35. The Hall–Kier alpha value is -2.13. The molecule has 3 heteroatoms. The van der Waals surface area contributed by atoms with Gasteiger partial charge in [0.15, 0.2) is 0 Å². The molecule has 0 amide bonds. The van der Waals surface area contributed by atoms with E-state index in [9.17, 15) is 4.79 Å². The highest BCUT2D eigenvalue weighted by atomic mass is 16.4. The van der Waals surface area contributed by atoms with E-state index in [1.165, 1.54) is 16.7 Å². The second-order valence-corrected chi connectivity index (χ2v) is 5.05. The van der Waals surface area contributed by atoms with Crippen molar-refractivity contribution < 1.29 is 9.90 Å². The lowest BCUT2D eigenvalue weighted by atomic mass is 9.98. The van der Waals surface area contributed by atoms with Gasteiger partial charge in [0.05, 0.1) is 6.42 Å². The van der Waals surface area contributed by atoms with E-state index in [4.69, 9.17) is 10.8 Å². The van der Waals surface area contributed by atoms with Crippen LogP contribution in [-0.2, 0) is 11.2 Å². The highest BCUT2D eigenvalue weighted by molar-refractivity contribution is 5.67. The minimum Gasteiger partial charge on any atom is -0.481 e. The average molecular weight is 269 g/mol. The first-order valence-corrected chi connectivity index (χ1v) is 6.67. The Labute approximate surface area is 119 Å². The van der Waals surface area contributed by atoms with Crippen molar-refractivity contribution >= 4 is 5.97 Å². The van der Waals surface area contributed by atoms with Gasteiger partial charge >= 0.3 is 5.97 Å². The van der Waals surface area contributed by atoms with Crippen molar-refractivity contribution in [3.05, 3.63) is 70.8 Å². The van der Waals surface area contributed by atoms with Crippen LogP contribution in [0, 0.1) is 6.92 Å². The highest BCUT2D eigenvalue weighted by Crippen LogP contribution is 2.18. The molecular formula is C17H19NO2. The summed E-state index contributed by atoms with van der Waals surface area (Å²) in [5, 5.41) is 8.75. The summed E-state index contributed by atoms with van der Waals surface area (Å²) >= 11 is 0. The lowest BCUT2D eigenvalue weighted by Crippen LogP contribution is -2.14. The van der Waals surface area contributed by atoms with Gasteiger partial charge in [0, 0.05) is 6.04 Å². The SMILES string of the molecule is Cc1ccccc1Cc1ccc(C(N)CC(=O)O)cc1. The number of benzene rings is 2. The molecule has 104 valence electrons. The van der Waals surface area contributed by atoms with Crippen LogP contribution < -0.4 is 5.73 Å². The van der Waals surface area contributed by atoms with Gasteiger partial charge in [0.1, 0.15) is 0 Å². The van der Waals surface area contributed by atoms with E-state index in [-0.39, 0.29) is 6.42 Å². The van der Waals surface area contributed by atoms with Crippen LogP contribution in [0.4, 0.5) is 0 Å². The van der Waals surface area contributed by atoms with Gasteiger partial charge in [-0.15, -0.1) is 0 Å². The molecule has 0 aromatic heterocycles. The standard InChI is InChI=1S/C17H19NO2/c1-12-4-2-3-5-15(12)10-13-6-8-14(9-7-13)16(18)11-17(19)20/h2-9,16H,10-11,18H2,1H3,(H,19,20). The van der Waals surface area contributed by atoms with Crippen LogP contribution in [0.3, 0.4) is 0 Å². The number of aliphatic carboxylic acids is 1. The van der Waals surface area contributed by atoms with Crippen molar-refractivity contribution in [3.8, 4) is 0 Å². The van der Waals surface area contributed by atoms with E-state index in [1.807, 2.05) is 36.4 Å². The first-order chi connectivity index (χ1) is 9.56. The summed E-state index contributed by atoms with van der Waals surface area (Å²) in [6.07, 6.45) is 0.832. The third-order valence-corrected chi connectivity index (χ3v) is 3.46. The van der Waals surface area contributed by atoms with Gasteiger partial charge in [-0.3, -0.25) is 4.79 Å². The number of carboxylic acid groups (broad SMARTS) is 1. The van der Waals surface area contributed by atoms with Crippen molar-refractivity contribution in [2.24, 2.45) is 5.73 Å². The lowest BCUT2D eigenvalue weighted by molar-refractivity contribution is -0.137. The largest absolute Gasteiger partial charge is 0.481 e. The molecule has 2 aromatic rings. The molecule has 0 radical (unpaired) electrons. The Morgan fingerprint density at radius 3 is 2.40 bits per heavy atom. The predicted molar refractivity (Wildman–Crippen MR) is 79.6 cm³/mol. The smallest absolute Gasteiger partial charge is 0.305 e. The lowest BCUT2D eigenvalue weighted by Gasteiger charge is -2.11. The van der Waals surface area contributed by atoms with Crippen LogP contribution in [-0.4, -0.2) is 11.1 Å². The van der Waals surface area contributed by atoms with Crippen LogP contribution >= 0.6 is 0 Å². The molecule has 2 aromatic carbocycles. The summed E-state index contributed by atoms with van der Waals surface area (Å²) in [7, 11) is 0. The maximum Gasteiger partial charge on any atom is 0.305 e. The third-order valence-electron chi connectivity index (χ3n) is 3.46. The zero-order valence-corrected chi connectivity index (χ0v) is 11.5. The molecule has 3 N–H and O–H groups in total. The minimum absolute atomic E-state index is 0.0445. The van der Waals surface area contributed by atoms with Crippen molar-refractivity contribution in [3.63, 3.8) is 0 Å². The number of hydrogen-bond donors (Lipinski definition) is 2. The molecule has 20 heavy (non-hydrogen) atoms. The maximum absolute atomic E-state index is 10.6. The number of carboxylic acids is 1. The Bertz CT molecular complexity index is 590. The van der Waals surface area contributed by atoms with Crippen LogP contribution in [0.25, 0.3) is 0 Å². The van der Waals surface area contributed by atoms with Crippen LogP contribution in [0.1, 0.15) is 34.7 Å². The monoisotopic (exact) mass is 269 g/mol. The maximum atomic E-state index is 10.6. The summed E-state index contributed by atoms with van der Waals surface area (Å²) in [6.45, 7) is 2.10. The second-order valence-electron chi connectivity index (χ2n) is 5.05. The molecule has 0 spiro atoms. The molecular weight excluding hydrogens is 250 g/mol. The number of nitrogens with two attached hydrogens (primary N) is 1. The fraction of sp³-hybridized carbons (Fsp3) is 0.235. The minimum atomic E-state index is -0.874. The number of rotatable bonds is 5. The van der Waals surface area contributed by atoms with E-state index in [0.717, 1.165) is 12.0 Å². The topological polar surface area (TPSA) is 63.3 Å². The van der Waals surface area contributed by atoms with Gasteiger partial charge in [0.2, 0.25) is 0 Å². The van der Waals surface area contributed by atoms with E-state index >= 15 is 0 Å². The molecule has 0 fully saturated rings. The van der Waals surface area contributed by atoms with Crippen LogP contribution in [0.5, 0.6) is 0 Å². The Morgan fingerprint density at radius 2 is 1.80 bits per heavy atom. The van der Waals surface area contributed by atoms with Crippen molar-refractivity contribution in [2.45, 2.75) is 25.8 Å². The van der Waals surface area contributed by atoms with Crippen molar-refractivity contribution in [1.29, 1.82) is 0 Å². The number of carbonyl (C=O) groups is 1. The summed E-state index contributed by atoms with van der Waals surface area (Å²) in [4.78, 5) is 10.6. The summed E-state index contributed by atoms with van der Waals surface area (Å²) < 4.78 is 0. The third kappa shape index (κ3) is 3.68. The summed E-state index contributed by atoms with van der Waals surface area (Å²) in [5.74, 6) is -0.874. The molecule has 0 bridgehead atoms. The molecule has 3 nitrogen and oxygen atoms in total. The molecule has 2 rings (SSSR count). The molecule has 1 atom stereocenters. The Morgan fingerprint density at radius 1 is 1.15 bits per heavy atom.